The molecule has 4 nitrogen and oxygen atoms in total. The molecular formula is C28H32N2O2. The summed E-state index contributed by atoms with van der Waals surface area (Å²) >= 11 is 0. The number of aromatic hydroxyl groups is 1. The van der Waals surface area contributed by atoms with Crippen LogP contribution in [-0.2, 0) is 11.3 Å². The molecule has 2 heterocycles. The zero-order chi connectivity index (χ0) is 21.9. The molecule has 2 N–H and O–H groups in total. The molecule has 2 aliphatic heterocycles. The maximum absolute atomic E-state index is 10.00. The van der Waals surface area contributed by atoms with Crippen LogP contribution < -0.4 is 10.2 Å². The Labute approximate surface area is 190 Å². The molecule has 0 radical (unpaired) electrons. The van der Waals surface area contributed by atoms with E-state index >= 15 is 0 Å². The van der Waals surface area contributed by atoms with Crippen molar-refractivity contribution in [1.82, 2.24) is 5.32 Å². The fourth-order valence-corrected chi connectivity index (χ4v) is 5.32. The Morgan fingerprint density at radius 3 is 2.41 bits per heavy atom. The minimum Gasteiger partial charge on any atom is -0.508 e. The molecule has 4 heteroatoms. The number of hydrogen-bond acceptors (Lipinski definition) is 4. The number of nitrogens with zero attached hydrogens (tertiary/aromatic N) is 1. The van der Waals surface area contributed by atoms with Gasteiger partial charge in [-0.3, -0.25) is 0 Å². The summed E-state index contributed by atoms with van der Waals surface area (Å²) < 4.78 is 6.37. The number of fused-ring (bicyclic) bond motifs is 1. The van der Waals surface area contributed by atoms with Crippen LogP contribution in [0.25, 0.3) is 0 Å². The van der Waals surface area contributed by atoms with E-state index in [-0.39, 0.29) is 12.0 Å². The van der Waals surface area contributed by atoms with Gasteiger partial charge >= 0.3 is 0 Å². The lowest BCUT2D eigenvalue weighted by Gasteiger charge is -2.36. The average molecular weight is 429 g/mol. The summed E-state index contributed by atoms with van der Waals surface area (Å²) in [6.45, 7) is 3.86. The number of piperidine rings is 1. The Hall–Kier alpha value is -2.82. The van der Waals surface area contributed by atoms with Gasteiger partial charge in [-0.15, -0.1) is 0 Å². The lowest BCUT2D eigenvalue weighted by Crippen LogP contribution is -2.36. The number of rotatable bonds is 5. The third-order valence-corrected chi connectivity index (χ3v) is 7.04. The van der Waals surface area contributed by atoms with Gasteiger partial charge in [0.05, 0.1) is 12.7 Å². The molecule has 3 aromatic carbocycles. The van der Waals surface area contributed by atoms with Crippen LogP contribution in [0.15, 0.2) is 72.8 Å². The van der Waals surface area contributed by atoms with Crippen molar-refractivity contribution < 1.29 is 9.84 Å². The van der Waals surface area contributed by atoms with Crippen LogP contribution in [0.4, 0.5) is 5.69 Å². The third-order valence-electron chi connectivity index (χ3n) is 7.04. The number of phenols is 1. The van der Waals surface area contributed by atoms with Gasteiger partial charge in [0, 0.05) is 24.7 Å². The summed E-state index contributed by atoms with van der Waals surface area (Å²) in [5.41, 5.74) is 6.04. The van der Waals surface area contributed by atoms with Crippen LogP contribution in [0.1, 0.15) is 47.1 Å². The van der Waals surface area contributed by atoms with Crippen LogP contribution in [0.5, 0.6) is 5.75 Å². The van der Waals surface area contributed by atoms with Gasteiger partial charge < -0.3 is 20.1 Å². The quantitative estimate of drug-likeness (QED) is 0.584. The summed E-state index contributed by atoms with van der Waals surface area (Å²) in [4.78, 5) is 2.51. The molecule has 32 heavy (non-hydrogen) atoms. The van der Waals surface area contributed by atoms with Gasteiger partial charge in [-0.25, -0.2) is 0 Å². The lowest BCUT2D eigenvalue weighted by atomic mass is 9.79. The van der Waals surface area contributed by atoms with E-state index in [1.54, 1.807) is 6.07 Å². The van der Waals surface area contributed by atoms with Gasteiger partial charge in [0.1, 0.15) is 5.75 Å². The van der Waals surface area contributed by atoms with Crippen molar-refractivity contribution in [3.05, 3.63) is 95.1 Å². The highest BCUT2D eigenvalue weighted by atomic mass is 16.5. The van der Waals surface area contributed by atoms with Crippen LogP contribution in [0.3, 0.4) is 0 Å². The van der Waals surface area contributed by atoms with E-state index in [1.165, 1.54) is 35.2 Å². The van der Waals surface area contributed by atoms with E-state index in [2.05, 4.69) is 64.8 Å². The molecule has 0 aromatic heterocycles. The maximum atomic E-state index is 10.00. The van der Waals surface area contributed by atoms with Crippen molar-refractivity contribution in [1.29, 1.82) is 0 Å². The molecule has 3 aromatic rings. The van der Waals surface area contributed by atoms with E-state index in [0.717, 1.165) is 31.1 Å². The monoisotopic (exact) mass is 428 g/mol. The number of hydrogen-bond donors (Lipinski definition) is 2. The topological polar surface area (TPSA) is 44.7 Å². The second kappa shape index (κ2) is 9.35. The highest BCUT2D eigenvalue weighted by Crippen LogP contribution is 2.45. The Balaban J connectivity index is 1.43. The first-order valence-corrected chi connectivity index (χ1v) is 11.7. The summed E-state index contributed by atoms with van der Waals surface area (Å²) in [6, 6.07) is 25.2. The van der Waals surface area contributed by atoms with Crippen LogP contribution in [-0.4, -0.2) is 31.8 Å². The second-order valence-electron chi connectivity index (χ2n) is 9.08. The molecule has 0 bridgehead atoms. The third kappa shape index (κ3) is 4.25. The summed E-state index contributed by atoms with van der Waals surface area (Å²) in [5.74, 6) is 1.17. The Kier molecular flexibility index (Phi) is 6.15. The molecule has 1 saturated heterocycles. The average Bonchev–Trinajstić information content (AvgIpc) is 2.84. The fourth-order valence-electron chi connectivity index (χ4n) is 5.32. The Morgan fingerprint density at radius 1 is 0.938 bits per heavy atom. The standard InChI is InChI=1S/C28H32N2O2/c1-29-18-20-13-15-30(16-14-20)24-9-7-21(8-10-24)27-26-12-11-25(31)17-23(26)19-32-28(27)22-5-3-2-4-6-22/h2-12,17,20,27-29,31H,13-16,18-19H2,1H3/t27?,28-/m1/s1. The summed E-state index contributed by atoms with van der Waals surface area (Å²) in [5, 5.41) is 13.3. The predicted molar refractivity (Wildman–Crippen MR) is 129 cm³/mol. The van der Waals surface area contributed by atoms with E-state index < -0.39 is 0 Å². The summed E-state index contributed by atoms with van der Waals surface area (Å²) in [6.07, 6.45) is 2.44. The number of phenolic OH excluding ortho intramolecular Hbond substituents is 1. The van der Waals surface area contributed by atoms with E-state index in [1.807, 2.05) is 19.2 Å². The minimum absolute atomic E-state index is 0.0450. The van der Waals surface area contributed by atoms with Crippen LogP contribution in [0, 0.1) is 5.92 Å². The first kappa shape index (κ1) is 21.0. The normalized spacial score (nSPS) is 21.3. The van der Waals surface area contributed by atoms with Crippen molar-refractivity contribution >= 4 is 5.69 Å². The van der Waals surface area contributed by atoms with Gasteiger partial charge in [-0.1, -0.05) is 48.5 Å². The number of nitrogens with one attached hydrogen (secondary N) is 1. The van der Waals surface area contributed by atoms with Gasteiger partial charge in [0.25, 0.3) is 0 Å². The molecule has 0 saturated carbocycles. The molecular weight excluding hydrogens is 396 g/mol. The molecule has 166 valence electrons. The molecule has 2 atom stereocenters. The van der Waals surface area contributed by atoms with Gasteiger partial charge in [-0.2, -0.15) is 0 Å². The molecule has 5 rings (SSSR count). The molecule has 0 spiro atoms. The fraction of sp³-hybridized carbons (Fsp3) is 0.357. The number of anilines is 1. The molecule has 0 amide bonds. The van der Waals surface area contributed by atoms with Crippen molar-refractivity contribution in [3.63, 3.8) is 0 Å². The lowest BCUT2D eigenvalue weighted by molar-refractivity contribution is 0.0148. The number of ether oxygens (including phenoxy) is 1. The van der Waals surface area contributed by atoms with Crippen molar-refractivity contribution in [2.45, 2.75) is 31.5 Å². The zero-order valence-corrected chi connectivity index (χ0v) is 18.7. The van der Waals surface area contributed by atoms with Gasteiger partial charge in [-0.05, 0) is 78.9 Å². The second-order valence-corrected chi connectivity index (χ2v) is 9.08. The highest BCUT2D eigenvalue weighted by molar-refractivity contribution is 5.52. The van der Waals surface area contributed by atoms with E-state index in [0.29, 0.717) is 12.4 Å². The smallest absolute Gasteiger partial charge is 0.115 e. The Morgan fingerprint density at radius 2 is 1.69 bits per heavy atom. The first-order valence-electron chi connectivity index (χ1n) is 11.7. The molecule has 1 fully saturated rings. The predicted octanol–water partition coefficient (Wildman–Crippen LogP) is 5.23. The van der Waals surface area contributed by atoms with Gasteiger partial charge in [0.2, 0.25) is 0 Å². The van der Waals surface area contributed by atoms with Crippen LogP contribution in [0.2, 0.25) is 0 Å². The SMILES string of the molecule is CNCC1CCN(c2ccc(C3c4ccc(O)cc4CO[C@@H]3c3ccccc3)cc2)CC1. The largest absolute Gasteiger partial charge is 0.508 e. The first-order chi connectivity index (χ1) is 15.7. The van der Waals surface area contributed by atoms with Crippen molar-refractivity contribution in [2.24, 2.45) is 5.92 Å². The highest BCUT2D eigenvalue weighted by Gasteiger charge is 2.33. The summed E-state index contributed by atoms with van der Waals surface area (Å²) in [7, 11) is 2.04. The van der Waals surface area contributed by atoms with E-state index in [4.69, 9.17) is 4.74 Å². The van der Waals surface area contributed by atoms with E-state index in [9.17, 15) is 5.11 Å². The van der Waals surface area contributed by atoms with Crippen molar-refractivity contribution in [2.75, 3.05) is 31.6 Å². The van der Waals surface area contributed by atoms with Crippen molar-refractivity contribution in [3.8, 4) is 5.75 Å². The van der Waals surface area contributed by atoms with Gasteiger partial charge in [0.15, 0.2) is 0 Å². The number of benzene rings is 3. The molecule has 1 unspecified atom stereocenters. The molecule has 2 aliphatic rings. The molecule has 0 aliphatic carbocycles. The minimum atomic E-state index is -0.0450. The Bertz CT molecular complexity index is 1030. The zero-order valence-electron chi connectivity index (χ0n) is 18.7. The maximum Gasteiger partial charge on any atom is 0.115 e. The van der Waals surface area contributed by atoms with Crippen LogP contribution >= 0.6 is 0 Å².